The monoisotopic (exact) mass is 474 g/mol. The first kappa shape index (κ1) is 24.7. The molecule has 0 aromatic heterocycles. The molecule has 1 fully saturated rings. The van der Waals surface area contributed by atoms with Crippen LogP contribution in [0.4, 0.5) is 5.69 Å². The quantitative estimate of drug-likeness (QED) is 0.589. The molecule has 0 aliphatic carbocycles. The Hall–Kier alpha value is -2.91. The van der Waals surface area contributed by atoms with Crippen molar-refractivity contribution in [3.63, 3.8) is 0 Å². The molecule has 0 radical (unpaired) electrons. The molecule has 9 heteroatoms. The van der Waals surface area contributed by atoms with Crippen molar-refractivity contribution in [2.45, 2.75) is 43.4 Å². The summed E-state index contributed by atoms with van der Waals surface area (Å²) in [5.41, 5.74) is 0.130. The highest BCUT2D eigenvalue weighted by molar-refractivity contribution is 7.89. The molecule has 1 amide bonds. The molecule has 0 saturated carbocycles. The van der Waals surface area contributed by atoms with Crippen molar-refractivity contribution >= 4 is 27.6 Å². The molecule has 1 N–H and O–H groups in total. The van der Waals surface area contributed by atoms with Crippen LogP contribution >= 0.6 is 0 Å². The number of carbonyl (C=O) groups is 2. The maximum atomic E-state index is 13.1. The Morgan fingerprint density at radius 3 is 2.33 bits per heavy atom. The molecule has 1 aliphatic heterocycles. The lowest BCUT2D eigenvalue weighted by atomic mass is 9.85. The Bertz CT molecular complexity index is 1090. The van der Waals surface area contributed by atoms with Crippen molar-refractivity contribution in [3.05, 3.63) is 54.1 Å². The van der Waals surface area contributed by atoms with E-state index in [0.717, 1.165) is 24.8 Å². The number of nitrogens with one attached hydrogen (secondary N) is 1. The molecular weight excluding hydrogens is 444 g/mol. The molecule has 3 rings (SSSR count). The number of sulfonamides is 1. The average Bonchev–Trinajstić information content (AvgIpc) is 2.83. The van der Waals surface area contributed by atoms with E-state index < -0.39 is 33.9 Å². The highest BCUT2D eigenvalue weighted by Crippen LogP contribution is 2.31. The first-order valence-electron chi connectivity index (χ1n) is 10.9. The molecule has 1 heterocycles. The van der Waals surface area contributed by atoms with Gasteiger partial charge in [0.05, 0.1) is 12.5 Å². The molecule has 2 aromatic rings. The van der Waals surface area contributed by atoms with Crippen molar-refractivity contribution in [3.8, 4) is 5.75 Å². The van der Waals surface area contributed by atoms with Crippen LogP contribution in [0.3, 0.4) is 0 Å². The van der Waals surface area contributed by atoms with Crippen molar-refractivity contribution in [2.24, 2.45) is 0 Å². The number of ether oxygens (including phenoxy) is 2. The van der Waals surface area contributed by atoms with E-state index in [9.17, 15) is 18.0 Å². The van der Waals surface area contributed by atoms with Crippen molar-refractivity contribution < 1.29 is 27.5 Å². The van der Waals surface area contributed by atoms with Gasteiger partial charge in [-0.25, -0.2) is 8.42 Å². The van der Waals surface area contributed by atoms with Gasteiger partial charge < -0.3 is 14.8 Å². The molecule has 0 bridgehead atoms. The third-order valence-corrected chi connectivity index (χ3v) is 7.64. The highest BCUT2D eigenvalue weighted by atomic mass is 32.2. The number of anilines is 1. The van der Waals surface area contributed by atoms with Gasteiger partial charge >= 0.3 is 5.97 Å². The number of carbonyl (C=O) groups excluding carboxylic acids is 2. The molecule has 0 spiro atoms. The van der Waals surface area contributed by atoms with E-state index in [-0.39, 0.29) is 16.3 Å². The van der Waals surface area contributed by atoms with Gasteiger partial charge in [0.25, 0.3) is 5.91 Å². The second kappa shape index (κ2) is 10.4. The SMILES string of the molecule is COc1ccc(NC(=O)COC(=O)C(C)(C)c2ccccc2)cc1S(=O)(=O)N1CCCCC1. The molecule has 33 heavy (non-hydrogen) atoms. The first-order chi connectivity index (χ1) is 15.7. The fourth-order valence-electron chi connectivity index (χ4n) is 3.68. The topological polar surface area (TPSA) is 102 Å². The van der Waals surface area contributed by atoms with E-state index in [0.29, 0.717) is 13.1 Å². The molecule has 2 aromatic carbocycles. The van der Waals surface area contributed by atoms with Crippen LogP contribution in [0.25, 0.3) is 0 Å². The Labute approximate surface area is 194 Å². The number of hydrogen-bond donors (Lipinski definition) is 1. The van der Waals surface area contributed by atoms with E-state index in [1.54, 1.807) is 19.9 Å². The van der Waals surface area contributed by atoms with Crippen LogP contribution in [-0.4, -0.2) is 51.4 Å². The van der Waals surface area contributed by atoms with Gasteiger partial charge in [-0.1, -0.05) is 36.8 Å². The summed E-state index contributed by atoms with van der Waals surface area (Å²) < 4.78 is 38.2. The predicted molar refractivity (Wildman–Crippen MR) is 125 cm³/mol. The van der Waals surface area contributed by atoms with Crippen LogP contribution in [0.2, 0.25) is 0 Å². The van der Waals surface area contributed by atoms with E-state index in [4.69, 9.17) is 9.47 Å². The maximum Gasteiger partial charge on any atom is 0.316 e. The normalized spacial score (nSPS) is 15.0. The second-order valence-corrected chi connectivity index (χ2v) is 10.4. The molecular formula is C24H30N2O6S. The Kier molecular flexibility index (Phi) is 7.76. The molecule has 8 nitrogen and oxygen atoms in total. The molecule has 1 aliphatic rings. The van der Waals surface area contributed by atoms with Gasteiger partial charge in [0.1, 0.15) is 10.6 Å². The van der Waals surface area contributed by atoms with Gasteiger partial charge in [0, 0.05) is 18.8 Å². The minimum Gasteiger partial charge on any atom is -0.495 e. The molecule has 0 atom stereocenters. The first-order valence-corrected chi connectivity index (χ1v) is 12.3. The standard InChI is InChI=1S/C24H30N2O6S/c1-24(2,18-10-6-4-7-11-18)23(28)32-17-22(27)25-19-12-13-20(31-3)21(16-19)33(29,30)26-14-8-5-9-15-26/h4,6-7,10-13,16H,5,8-9,14-15,17H2,1-3H3,(H,25,27). The van der Waals surface area contributed by atoms with Crippen LogP contribution < -0.4 is 10.1 Å². The fraction of sp³-hybridized carbons (Fsp3) is 0.417. The van der Waals surface area contributed by atoms with Crippen LogP contribution in [0.5, 0.6) is 5.75 Å². The number of hydrogen-bond acceptors (Lipinski definition) is 6. The molecule has 178 valence electrons. The van der Waals surface area contributed by atoms with E-state index in [1.165, 1.54) is 23.5 Å². The maximum absolute atomic E-state index is 13.1. The van der Waals surface area contributed by atoms with Gasteiger partial charge in [-0.05, 0) is 50.5 Å². The Balaban J connectivity index is 1.69. The summed E-state index contributed by atoms with van der Waals surface area (Å²) in [5, 5.41) is 2.60. The summed E-state index contributed by atoms with van der Waals surface area (Å²) in [7, 11) is -2.37. The summed E-state index contributed by atoms with van der Waals surface area (Å²) in [6, 6.07) is 13.6. The van der Waals surface area contributed by atoms with Crippen LogP contribution in [0.1, 0.15) is 38.7 Å². The number of piperidine rings is 1. The zero-order valence-corrected chi connectivity index (χ0v) is 20.0. The largest absolute Gasteiger partial charge is 0.495 e. The summed E-state index contributed by atoms with van der Waals surface area (Å²) in [4.78, 5) is 25.0. The lowest BCUT2D eigenvalue weighted by Crippen LogP contribution is -2.35. The molecule has 0 unspecified atom stereocenters. The smallest absolute Gasteiger partial charge is 0.316 e. The van der Waals surface area contributed by atoms with Crippen LogP contribution in [0.15, 0.2) is 53.4 Å². The third-order valence-electron chi connectivity index (χ3n) is 5.72. The highest BCUT2D eigenvalue weighted by Gasteiger charge is 2.32. The number of rotatable bonds is 8. The van der Waals surface area contributed by atoms with E-state index in [1.807, 2.05) is 30.3 Å². The minimum absolute atomic E-state index is 0.00749. The summed E-state index contributed by atoms with van der Waals surface area (Å²) in [5.74, 6) is -0.903. The third kappa shape index (κ3) is 5.72. The number of benzene rings is 2. The number of amides is 1. The zero-order chi connectivity index (χ0) is 24.1. The number of nitrogens with zero attached hydrogens (tertiary/aromatic N) is 1. The molecule has 1 saturated heterocycles. The summed E-state index contributed by atoms with van der Waals surface area (Å²) >= 11 is 0. The summed E-state index contributed by atoms with van der Waals surface area (Å²) in [6.07, 6.45) is 2.62. The minimum atomic E-state index is -3.77. The fourth-order valence-corrected chi connectivity index (χ4v) is 5.38. The zero-order valence-electron chi connectivity index (χ0n) is 19.2. The van der Waals surface area contributed by atoms with E-state index in [2.05, 4.69) is 5.32 Å². The van der Waals surface area contributed by atoms with Crippen LogP contribution in [-0.2, 0) is 29.8 Å². The average molecular weight is 475 g/mol. The van der Waals surface area contributed by atoms with Gasteiger partial charge in [-0.3, -0.25) is 9.59 Å². The Morgan fingerprint density at radius 2 is 1.70 bits per heavy atom. The number of esters is 1. The lowest BCUT2D eigenvalue weighted by molar-refractivity contribution is -0.152. The van der Waals surface area contributed by atoms with Crippen molar-refractivity contribution in [2.75, 3.05) is 32.1 Å². The van der Waals surface area contributed by atoms with Crippen molar-refractivity contribution in [1.82, 2.24) is 4.31 Å². The van der Waals surface area contributed by atoms with Crippen LogP contribution in [0, 0.1) is 0 Å². The van der Waals surface area contributed by atoms with Crippen molar-refractivity contribution in [1.29, 1.82) is 0 Å². The Morgan fingerprint density at radius 1 is 1.03 bits per heavy atom. The van der Waals surface area contributed by atoms with Gasteiger partial charge in [0.15, 0.2) is 6.61 Å². The lowest BCUT2D eigenvalue weighted by Gasteiger charge is -2.26. The predicted octanol–water partition coefficient (Wildman–Crippen LogP) is 3.33. The van der Waals surface area contributed by atoms with E-state index >= 15 is 0 Å². The van der Waals surface area contributed by atoms with Gasteiger partial charge in [-0.2, -0.15) is 4.31 Å². The second-order valence-electron chi connectivity index (χ2n) is 8.45. The van der Waals surface area contributed by atoms with Gasteiger partial charge in [-0.15, -0.1) is 0 Å². The summed E-state index contributed by atoms with van der Waals surface area (Å²) in [6.45, 7) is 3.87. The van der Waals surface area contributed by atoms with Gasteiger partial charge in [0.2, 0.25) is 10.0 Å². The number of methoxy groups -OCH3 is 1.